The molecule has 7 nitrogen and oxygen atoms in total. The molecular formula is C22H17FN4O3S2. The molecule has 2 aromatic carbocycles. The Morgan fingerprint density at radius 3 is 2.75 bits per heavy atom. The highest BCUT2D eigenvalue weighted by atomic mass is 32.2. The Balaban J connectivity index is 1.43. The van der Waals surface area contributed by atoms with Crippen LogP contribution in [0.4, 0.5) is 14.9 Å². The first kappa shape index (κ1) is 20.8. The van der Waals surface area contributed by atoms with Crippen molar-refractivity contribution >= 4 is 41.1 Å². The van der Waals surface area contributed by atoms with Gasteiger partial charge in [-0.25, -0.2) is 14.1 Å². The van der Waals surface area contributed by atoms with Crippen molar-refractivity contribution in [2.75, 3.05) is 11.2 Å². The van der Waals surface area contributed by atoms with E-state index in [0.29, 0.717) is 5.82 Å². The Hall–Kier alpha value is -3.11. The van der Waals surface area contributed by atoms with Crippen LogP contribution in [0.3, 0.4) is 0 Å². The number of thioether (sulfide) groups is 2. The number of hydrogen-bond acceptors (Lipinski definition) is 7. The summed E-state index contributed by atoms with van der Waals surface area (Å²) in [6.07, 6.45) is 3.81. The van der Waals surface area contributed by atoms with Gasteiger partial charge >= 0.3 is 6.03 Å². The molecule has 0 radical (unpaired) electrons. The number of carbonyl (C=O) groups is 2. The Kier molecular flexibility index (Phi) is 5.48. The summed E-state index contributed by atoms with van der Waals surface area (Å²) in [5.41, 5.74) is 0.990. The van der Waals surface area contributed by atoms with Crippen LogP contribution in [0.1, 0.15) is 5.89 Å². The molecule has 1 aromatic heterocycles. The summed E-state index contributed by atoms with van der Waals surface area (Å²) >= 11 is 2.97. The van der Waals surface area contributed by atoms with Crippen LogP contribution in [0.25, 0.3) is 11.4 Å². The largest absolute Gasteiger partial charge is 0.337 e. The molecule has 0 saturated carbocycles. The normalized spacial score (nSPS) is 20.2. The number of rotatable bonds is 5. The molecule has 10 heteroatoms. The first-order chi connectivity index (χ1) is 15.5. The fourth-order valence-corrected chi connectivity index (χ4v) is 5.14. The summed E-state index contributed by atoms with van der Waals surface area (Å²) in [7, 11) is 0. The number of benzene rings is 2. The van der Waals surface area contributed by atoms with E-state index in [1.165, 1.54) is 40.9 Å². The van der Waals surface area contributed by atoms with Crippen molar-refractivity contribution in [3.8, 4) is 11.4 Å². The molecular weight excluding hydrogens is 451 g/mol. The zero-order valence-electron chi connectivity index (χ0n) is 16.8. The maximum Gasteiger partial charge on any atom is 0.332 e. The summed E-state index contributed by atoms with van der Waals surface area (Å²) < 4.78 is 19.2. The van der Waals surface area contributed by atoms with Crippen LogP contribution in [0.2, 0.25) is 0 Å². The lowest BCUT2D eigenvalue weighted by Crippen LogP contribution is -2.61. The number of nitrogens with zero attached hydrogens (tertiary/aromatic N) is 4. The van der Waals surface area contributed by atoms with Crippen LogP contribution >= 0.6 is 23.5 Å². The molecule has 3 aromatic rings. The van der Waals surface area contributed by atoms with Crippen LogP contribution < -0.4 is 4.90 Å². The molecule has 3 heterocycles. The predicted molar refractivity (Wildman–Crippen MR) is 121 cm³/mol. The molecule has 1 fully saturated rings. The van der Waals surface area contributed by atoms with Gasteiger partial charge < -0.3 is 9.42 Å². The van der Waals surface area contributed by atoms with E-state index < -0.39 is 23.1 Å². The fraction of sp³-hybridized carbons (Fsp3) is 0.182. The SMILES string of the molecule is CSc1ccc(-c2noc(CN3C(=O)N(c4cccc(F)c4)C(=O)C4SC=CC43)n2)cc1. The molecule has 2 unspecified atom stereocenters. The van der Waals surface area contributed by atoms with E-state index in [9.17, 15) is 14.0 Å². The second-order valence-electron chi connectivity index (χ2n) is 7.18. The second kappa shape index (κ2) is 8.44. The molecule has 2 aliphatic rings. The van der Waals surface area contributed by atoms with Gasteiger partial charge in [-0.1, -0.05) is 17.3 Å². The van der Waals surface area contributed by atoms with Gasteiger partial charge in [0.1, 0.15) is 17.6 Å². The predicted octanol–water partition coefficient (Wildman–Crippen LogP) is 4.56. The van der Waals surface area contributed by atoms with E-state index in [0.717, 1.165) is 15.4 Å². The van der Waals surface area contributed by atoms with Crippen LogP contribution in [0, 0.1) is 5.82 Å². The van der Waals surface area contributed by atoms with Gasteiger partial charge in [0.2, 0.25) is 11.7 Å². The summed E-state index contributed by atoms with van der Waals surface area (Å²) in [5, 5.41) is 5.32. The van der Waals surface area contributed by atoms with E-state index >= 15 is 0 Å². The molecule has 0 aliphatic carbocycles. The number of halogens is 1. The minimum absolute atomic E-state index is 0.0277. The standard InChI is InChI=1S/C22H17FN4O3S2/c1-31-16-7-5-13(6-8-16)20-24-18(30-25-20)12-26-17-9-10-32-19(17)21(28)27(22(26)29)15-4-2-3-14(23)11-15/h2-11,17,19H,12H2,1H3. The molecule has 0 bridgehead atoms. The van der Waals surface area contributed by atoms with E-state index in [-0.39, 0.29) is 24.0 Å². The topological polar surface area (TPSA) is 79.5 Å². The van der Waals surface area contributed by atoms with Crippen molar-refractivity contribution in [1.29, 1.82) is 0 Å². The first-order valence-electron chi connectivity index (χ1n) is 9.74. The van der Waals surface area contributed by atoms with Crippen molar-refractivity contribution in [1.82, 2.24) is 15.0 Å². The monoisotopic (exact) mass is 468 g/mol. The summed E-state index contributed by atoms with van der Waals surface area (Å²) in [6, 6.07) is 12.2. The zero-order chi connectivity index (χ0) is 22.2. The maximum absolute atomic E-state index is 13.8. The Morgan fingerprint density at radius 2 is 2.00 bits per heavy atom. The first-order valence-corrected chi connectivity index (χ1v) is 11.9. The number of urea groups is 1. The number of hydrogen-bond donors (Lipinski definition) is 0. The highest BCUT2D eigenvalue weighted by Crippen LogP contribution is 2.37. The molecule has 32 heavy (non-hydrogen) atoms. The minimum atomic E-state index is -0.557. The van der Waals surface area contributed by atoms with Gasteiger partial charge in [0.05, 0.1) is 11.7 Å². The summed E-state index contributed by atoms with van der Waals surface area (Å²) in [5.74, 6) is -0.233. The molecule has 2 aliphatic heterocycles. The van der Waals surface area contributed by atoms with Crippen LogP contribution in [-0.2, 0) is 11.3 Å². The summed E-state index contributed by atoms with van der Waals surface area (Å²) in [4.78, 5) is 34.4. The quantitative estimate of drug-likeness (QED) is 0.508. The lowest BCUT2D eigenvalue weighted by molar-refractivity contribution is -0.119. The molecule has 162 valence electrons. The maximum atomic E-state index is 13.8. The number of fused-ring (bicyclic) bond motifs is 1. The highest BCUT2D eigenvalue weighted by molar-refractivity contribution is 8.03. The molecule has 3 amide bonds. The van der Waals surface area contributed by atoms with E-state index in [2.05, 4.69) is 10.1 Å². The minimum Gasteiger partial charge on any atom is -0.337 e. The molecule has 1 saturated heterocycles. The van der Waals surface area contributed by atoms with Crippen molar-refractivity contribution in [3.05, 3.63) is 71.7 Å². The second-order valence-corrected chi connectivity index (χ2v) is 9.11. The molecule has 0 N–H and O–H groups in total. The van der Waals surface area contributed by atoms with Gasteiger partial charge in [-0.05, 0) is 54.1 Å². The van der Waals surface area contributed by atoms with Crippen molar-refractivity contribution in [3.63, 3.8) is 0 Å². The third-order valence-corrected chi connectivity index (χ3v) is 7.09. The van der Waals surface area contributed by atoms with Gasteiger partial charge in [0, 0.05) is 10.5 Å². The molecule has 0 spiro atoms. The van der Waals surface area contributed by atoms with Crippen molar-refractivity contribution in [2.24, 2.45) is 0 Å². The van der Waals surface area contributed by atoms with E-state index in [1.54, 1.807) is 17.2 Å². The van der Waals surface area contributed by atoms with Crippen LogP contribution in [-0.4, -0.2) is 44.5 Å². The smallest absolute Gasteiger partial charge is 0.332 e. The Labute approximate surface area is 191 Å². The molecule has 2 atom stereocenters. The fourth-order valence-electron chi connectivity index (χ4n) is 3.69. The van der Waals surface area contributed by atoms with Crippen molar-refractivity contribution < 1.29 is 18.5 Å². The third kappa shape index (κ3) is 3.69. The Bertz CT molecular complexity index is 1210. The van der Waals surface area contributed by atoms with Crippen molar-refractivity contribution in [2.45, 2.75) is 22.7 Å². The van der Waals surface area contributed by atoms with Gasteiger partial charge in [-0.3, -0.25) is 4.79 Å². The zero-order valence-corrected chi connectivity index (χ0v) is 18.5. The van der Waals surface area contributed by atoms with Gasteiger partial charge in [-0.2, -0.15) is 4.98 Å². The average Bonchev–Trinajstić information content (AvgIpc) is 3.47. The van der Waals surface area contributed by atoms with Gasteiger partial charge in [0.15, 0.2) is 0 Å². The average molecular weight is 469 g/mol. The number of amides is 3. The third-order valence-electron chi connectivity index (χ3n) is 5.26. The Morgan fingerprint density at radius 1 is 1.19 bits per heavy atom. The number of imide groups is 1. The van der Waals surface area contributed by atoms with E-state index in [4.69, 9.17) is 4.52 Å². The summed E-state index contributed by atoms with van der Waals surface area (Å²) in [6.45, 7) is 0.0277. The van der Waals surface area contributed by atoms with Gasteiger partial charge in [-0.15, -0.1) is 23.5 Å². The van der Waals surface area contributed by atoms with Crippen LogP contribution in [0.15, 0.2) is 69.4 Å². The number of anilines is 1. The highest BCUT2D eigenvalue weighted by Gasteiger charge is 2.48. The number of aromatic nitrogens is 2. The van der Waals surface area contributed by atoms with E-state index in [1.807, 2.05) is 36.6 Å². The van der Waals surface area contributed by atoms with Gasteiger partial charge in [0.25, 0.3) is 5.91 Å². The molecule has 5 rings (SSSR count). The number of carbonyl (C=O) groups excluding carboxylic acids is 2. The van der Waals surface area contributed by atoms with Crippen LogP contribution in [0.5, 0.6) is 0 Å². The lowest BCUT2D eigenvalue weighted by atomic mass is 10.1. The lowest BCUT2D eigenvalue weighted by Gasteiger charge is -2.40.